The molecule has 0 radical (unpaired) electrons. The van der Waals surface area contributed by atoms with Crippen LogP contribution in [0.25, 0.3) is 0 Å². The van der Waals surface area contributed by atoms with Crippen molar-refractivity contribution in [2.45, 2.75) is 17.2 Å². The summed E-state index contributed by atoms with van der Waals surface area (Å²) in [4.78, 5) is 14.4. The molecule has 0 heterocycles. The van der Waals surface area contributed by atoms with Gasteiger partial charge in [0, 0.05) is 17.1 Å². The Morgan fingerprint density at radius 2 is 1.80 bits per heavy atom. The van der Waals surface area contributed by atoms with E-state index in [-0.39, 0.29) is 12.5 Å². The topological polar surface area (TPSA) is 41.6 Å². The Morgan fingerprint density at radius 1 is 1.16 bits per heavy atom. The minimum absolute atomic E-state index is 0.162. The summed E-state index contributed by atoms with van der Waals surface area (Å²) in [7, 11) is 3.47. The number of rotatable bonds is 8. The quantitative estimate of drug-likeness (QED) is 0.715. The molecule has 0 fully saturated rings. The van der Waals surface area contributed by atoms with Crippen molar-refractivity contribution in [3.8, 4) is 5.75 Å². The molecular weight excluding hydrogens is 346 g/mol. The number of carbonyl (C=O) groups is 1. The lowest BCUT2D eigenvalue weighted by Gasteiger charge is -2.16. The van der Waals surface area contributed by atoms with Crippen LogP contribution in [0, 0.1) is 0 Å². The van der Waals surface area contributed by atoms with E-state index in [2.05, 4.69) is 5.32 Å². The fourth-order valence-corrected chi connectivity index (χ4v) is 2.76. The molecule has 0 bridgehead atoms. The molecule has 0 aromatic heterocycles. The van der Waals surface area contributed by atoms with E-state index in [4.69, 9.17) is 4.74 Å². The number of amides is 1. The van der Waals surface area contributed by atoms with Gasteiger partial charge in [0.15, 0.2) is 0 Å². The van der Waals surface area contributed by atoms with E-state index in [1.165, 1.54) is 0 Å². The Kier molecular flexibility index (Phi) is 7.21. The molecule has 4 nitrogen and oxygen atoms in total. The number of alkyl halides is 2. The lowest BCUT2D eigenvalue weighted by molar-refractivity contribution is -0.117. The number of hydrogen-bond donors (Lipinski definition) is 1. The van der Waals surface area contributed by atoms with E-state index >= 15 is 0 Å². The number of likely N-dealkylation sites (N-methyl/N-ethyl adjacent to an activating group) is 1. The Bertz CT molecular complexity index is 678. The molecule has 25 heavy (non-hydrogen) atoms. The van der Waals surface area contributed by atoms with Crippen LogP contribution >= 0.6 is 11.8 Å². The number of thioether (sulfide) groups is 1. The predicted octanol–water partition coefficient (Wildman–Crippen LogP) is 4.08. The minimum atomic E-state index is -2.45. The zero-order chi connectivity index (χ0) is 18.2. The molecule has 1 amide bonds. The molecule has 0 atom stereocenters. The number of methoxy groups -OCH3 is 1. The van der Waals surface area contributed by atoms with Crippen molar-refractivity contribution in [3.63, 3.8) is 0 Å². The van der Waals surface area contributed by atoms with Crippen molar-refractivity contribution in [2.75, 3.05) is 26.0 Å². The van der Waals surface area contributed by atoms with Gasteiger partial charge in [-0.25, -0.2) is 0 Å². The first kappa shape index (κ1) is 19.2. The Labute approximate surface area is 150 Å². The number of carbonyl (C=O) groups excluding carboxylic acids is 1. The van der Waals surface area contributed by atoms with Crippen molar-refractivity contribution in [1.29, 1.82) is 0 Å². The highest BCUT2D eigenvalue weighted by Gasteiger charge is 2.09. The molecule has 2 rings (SSSR count). The summed E-state index contributed by atoms with van der Waals surface area (Å²) in [6.07, 6.45) is 0. The summed E-state index contributed by atoms with van der Waals surface area (Å²) >= 11 is 0.477. The van der Waals surface area contributed by atoms with Crippen LogP contribution in [0.3, 0.4) is 0 Å². The number of halogens is 2. The average Bonchev–Trinajstić information content (AvgIpc) is 2.56. The van der Waals surface area contributed by atoms with Gasteiger partial charge < -0.3 is 10.1 Å². The van der Waals surface area contributed by atoms with Crippen LogP contribution in [0.5, 0.6) is 5.75 Å². The Balaban J connectivity index is 1.82. The molecule has 0 unspecified atom stereocenters. The maximum atomic E-state index is 12.3. The van der Waals surface area contributed by atoms with Crippen LogP contribution in [-0.4, -0.2) is 37.3 Å². The monoisotopic (exact) mass is 366 g/mol. The second-order valence-corrected chi connectivity index (χ2v) is 6.53. The molecule has 0 saturated carbocycles. The van der Waals surface area contributed by atoms with Gasteiger partial charge in [0.2, 0.25) is 5.91 Å². The first-order valence-electron chi connectivity index (χ1n) is 7.62. The number of hydrogen-bond acceptors (Lipinski definition) is 4. The molecule has 0 aliphatic carbocycles. The summed E-state index contributed by atoms with van der Waals surface area (Å²) in [5.74, 6) is -1.82. The van der Waals surface area contributed by atoms with Crippen molar-refractivity contribution >= 4 is 23.4 Å². The zero-order valence-electron chi connectivity index (χ0n) is 14.0. The van der Waals surface area contributed by atoms with Gasteiger partial charge in [0.05, 0.1) is 13.7 Å². The number of nitrogens with one attached hydrogen (secondary N) is 1. The van der Waals surface area contributed by atoms with Crippen molar-refractivity contribution < 1.29 is 18.3 Å². The molecule has 134 valence electrons. The molecule has 0 aliphatic rings. The van der Waals surface area contributed by atoms with Gasteiger partial charge in [-0.2, -0.15) is 8.78 Å². The fourth-order valence-electron chi connectivity index (χ4n) is 2.26. The standard InChI is InChI=1S/C18H20F2N2O2S/c1-22(11-13-3-7-15(24-2)8-4-13)12-17(23)21-14-5-9-16(10-6-14)25-18(19)20/h3-10,18H,11-12H2,1-2H3,(H,21,23). The first-order chi connectivity index (χ1) is 12.0. The van der Waals surface area contributed by atoms with E-state index in [0.29, 0.717) is 28.9 Å². The van der Waals surface area contributed by atoms with Crippen LogP contribution in [0.2, 0.25) is 0 Å². The minimum Gasteiger partial charge on any atom is -0.497 e. The number of benzene rings is 2. The van der Waals surface area contributed by atoms with Crippen LogP contribution in [-0.2, 0) is 11.3 Å². The Hall–Kier alpha value is -2.12. The second-order valence-electron chi connectivity index (χ2n) is 5.47. The zero-order valence-corrected chi connectivity index (χ0v) is 14.9. The normalized spacial score (nSPS) is 11.0. The third kappa shape index (κ3) is 6.72. The van der Waals surface area contributed by atoms with E-state index in [0.717, 1.165) is 11.3 Å². The van der Waals surface area contributed by atoms with Crippen LogP contribution in [0.4, 0.5) is 14.5 Å². The molecule has 2 aromatic rings. The van der Waals surface area contributed by atoms with E-state index in [9.17, 15) is 13.6 Å². The largest absolute Gasteiger partial charge is 0.497 e. The van der Waals surface area contributed by atoms with Gasteiger partial charge in [0.25, 0.3) is 5.76 Å². The molecule has 0 saturated heterocycles. The van der Waals surface area contributed by atoms with Crippen molar-refractivity contribution in [1.82, 2.24) is 4.90 Å². The highest BCUT2D eigenvalue weighted by Crippen LogP contribution is 2.26. The Morgan fingerprint density at radius 3 is 2.36 bits per heavy atom. The lowest BCUT2D eigenvalue weighted by atomic mass is 10.2. The molecule has 7 heteroatoms. The van der Waals surface area contributed by atoms with Gasteiger partial charge in [-0.3, -0.25) is 9.69 Å². The van der Waals surface area contributed by atoms with Crippen LogP contribution < -0.4 is 10.1 Å². The lowest BCUT2D eigenvalue weighted by Crippen LogP contribution is -2.29. The summed E-state index contributed by atoms with van der Waals surface area (Å²) in [6, 6.07) is 14.0. The summed E-state index contributed by atoms with van der Waals surface area (Å²) in [5, 5.41) is 2.76. The van der Waals surface area contributed by atoms with Gasteiger partial charge >= 0.3 is 0 Å². The maximum Gasteiger partial charge on any atom is 0.288 e. The SMILES string of the molecule is COc1ccc(CN(C)CC(=O)Nc2ccc(SC(F)F)cc2)cc1. The highest BCUT2D eigenvalue weighted by molar-refractivity contribution is 7.99. The predicted molar refractivity (Wildman–Crippen MR) is 96.3 cm³/mol. The molecule has 0 aliphatic heterocycles. The average molecular weight is 366 g/mol. The first-order valence-corrected chi connectivity index (χ1v) is 8.50. The second kappa shape index (κ2) is 9.39. The van der Waals surface area contributed by atoms with Crippen LogP contribution in [0.1, 0.15) is 5.56 Å². The van der Waals surface area contributed by atoms with Crippen LogP contribution in [0.15, 0.2) is 53.4 Å². The molecule has 1 N–H and O–H groups in total. The third-order valence-corrected chi connectivity index (χ3v) is 4.11. The summed E-state index contributed by atoms with van der Waals surface area (Å²) in [5.41, 5.74) is 1.66. The number of nitrogens with zero attached hydrogens (tertiary/aromatic N) is 1. The summed E-state index contributed by atoms with van der Waals surface area (Å²) in [6.45, 7) is 0.848. The van der Waals surface area contributed by atoms with Gasteiger partial charge in [-0.05, 0) is 49.0 Å². The highest BCUT2D eigenvalue weighted by atomic mass is 32.2. The smallest absolute Gasteiger partial charge is 0.288 e. The number of anilines is 1. The van der Waals surface area contributed by atoms with Gasteiger partial charge in [0.1, 0.15) is 5.75 Å². The van der Waals surface area contributed by atoms with E-state index < -0.39 is 5.76 Å². The molecule has 0 spiro atoms. The summed E-state index contributed by atoms with van der Waals surface area (Å²) < 4.78 is 29.7. The van der Waals surface area contributed by atoms with E-state index in [1.807, 2.05) is 36.2 Å². The fraction of sp³-hybridized carbons (Fsp3) is 0.278. The van der Waals surface area contributed by atoms with Crippen molar-refractivity contribution in [3.05, 3.63) is 54.1 Å². The van der Waals surface area contributed by atoms with Gasteiger partial charge in [-0.15, -0.1) is 0 Å². The van der Waals surface area contributed by atoms with Crippen molar-refractivity contribution in [2.24, 2.45) is 0 Å². The van der Waals surface area contributed by atoms with E-state index in [1.54, 1.807) is 31.4 Å². The molecule has 2 aromatic carbocycles. The third-order valence-electron chi connectivity index (χ3n) is 3.39. The number of ether oxygens (including phenoxy) is 1. The molecular formula is C18H20F2N2O2S. The maximum absolute atomic E-state index is 12.3. The van der Waals surface area contributed by atoms with Gasteiger partial charge in [-0.1, -0.05) is 23.9 Å².